The van der Waals surface area contributed by atoms with Crippen LogP contribution in [0, 0.1) is 3.95 Å². The predicted molar refractivity (Wildman–Crippen MR) is 94.5 cm³/mol. The molecule has 2 aromatic rings. The summed E-state index contributed by atoms with van der Waals surface area (Å²) in [4.78, 5) is 0.693. The third kappa shape index (κ3) is 2.70. The number of aromatic hydroxyl groups is 1. The maximum absolute atomic E-state index is 10.3. The normalized spacial score (nSPS) is 15.3. The van der Waals surface area contributed by atoms with E-state index in [9.17, 15) is 5.11 Å². The summed E-state index contributed by atoms with van der Waals surface area (Å²) in [6.45, 7) is 4.16. The van der Waals surface area contributed by atoms with E-state index in [2.05, 4.69) is 16.8 Å². The molecule has 110 valence electrons. The van der Waals surface area contributed by atoms with Crippen molar-refractivity contribution < 1.29 is 5.11 Å². The summed E-state index contributed by atoms with van der Waals surface area (Å²) in [7, 11) is 0. The van der Waals surface area contributed by atoms with Gasteiger partial charge in [-0.15, -0.1) is 23.0 Å². The van der Waals surface area contributed by atoms with Crippen molar-refractivity contribution in [2.24, 2.45) is 10.2 Å². The molecule has 0 bridgehead atoms. The van der Waals surface area contributed by atoms with E-state index in [1.165, 1.54) is 11.3 Å². The number of hydrogen-bond donors (Lipinski definition) is 1. The molecule has 3 rings (SSSR count). The third-order valence-electron chi connectivity index (χ3n) is 3.17. The first-order valence-corrected chi connectivity index (χ1v) is 7.85. The minimum atomic E-state index is 0.148. The van der Waals surface area contributed by atoms with Crippen LogP contribution in [0.5, 0.6) is 5.88 Å². The van der Waals surface area contributed by atoms with Crippen LogP contribution < -0.4 is 0 Å². The average Bonchev–Trinajstić information content (AvgIpc) is 3.09. The van der Waals surface area contributed by atoms with Crippen LogP contribution in [0.25, 0.3) is 6.08 Å². The molecule has 1 aromatic carbocycles. The molecule has 0 aliphatic carbocycles. The lowest BCUT2D eigenvalue weighted by Gasteiger charge is -2.02. The van der Waals surface area contributed by atoms with Gasteiger partial charge in [0.1, 0.15) is 5.71 Å². The van der Waals surface area contributed by atoms with Crippen molar-refractivity contribution in [2.75, 3.05) is 0 Å². The Labute approximate surface area is 137 Å². The largest absolute Gasteiger partial charge is 0.493 e. The van der Waals surface area contributed by atoms with Crippen molar-refractivity contribution in [1.29, 1.82) is 0 Å². The second-order valence-corrected chi connectivity index (χ2v) is 6.29. The highest BCUT2D eigenvalue weighted by atomic mass is 32.1. The number of nitrogens with zero attached hydrogens (tertiary/aromatic N) is 3. The summed E-state index contributed by atoms with van der Waals surface area (Å²) in [5.41, 5.74) is 2.62. The maximum Gasteiger partial charge on any atom is 0.210 e. The van der Waals surface area contributed by atoms with Crippen LogP contribution in [0.1, 0.15) is 10.4 Å². The number of aromatic nitrogens is 1. The molecule has 1 N–H and O–H groups in total. The molecule has 0 fully saturated rings. The van der Waals surface area contributed by atoms with Crippen LogP contribution in [-0.2, 0) is 6.54 Å². The smallest absolute Gasteiger partial charge is 0.210 e. The Morgan fingerprint density at radius 1 is 1.32 bits per heavy atom. The third-order valence-corrected chi connectivity index (χ3v) is 4.55. The van der Waals surface area contributed by atoms with Crippen molar-refractivity contribution in [1.82, 2.24) is 4.57 Å². The van der Waals surface area contributed by atoms with Gasteiger partial charge in [-0.1, -0.05) is 36.4 Å². The van der Waals surface area contributed by atoms with E-state index in [-0.39, 0.29) is 5.88 Å². The van der Waals surface area contributed by atoms with Crippen LogP contribution in [0.3, 0.4) is 0 Å². The molecule has 0 unspecified atom stereocenters. The topological polar surface area (TPSA) is 49.9 Å². The molecule has 6 heteroatoms. The minimum Gasteiger partial charge on any atom is -0.493 e. The first-order valence-electron chi connectivity index (χ1n) is 6.62. The molecule has 0 radical (unpaired) electrons. The molecule has 2 heterocycles. The zero-order valence-electron chi connectivity index (χ0n) is 11.6. The first kappa shape index (κ1) is 14.6. The van der Waals surface area contributed by atoms with Gasteiger partial charge in [-0.2, -0.15) is 5.10 Å². The summed E-state index contributed by atoms with van der Waals surface area (Å²) >= 11 is 6.62. The molecule has 0 spiro atoms. The van der Waals surface area contributed by atoms with Crippen molar-refractivity contribution in [3.05, 3.63) is 63.0 Å². The van der Waals surface area contributed by atoms with Gasteiger partial charge in [0.25, 0.3) is 0 Å². The number of allylic oxidation sites excluding steroid dienone is 2. The van der Waals surface area contributed by atoms with Crippen LogP contribution in [0.2, 0.25) is 0 Å². The van der Waals surface area contributed by atoms with Crippen molar-refractivity contribution in [3.8, 4) is 5.88 Å². The summed E-state index contributed by atoms with van der Waals surface area (Å²) in [5.74, 6) is 0.148. The first-order chi connectivity index (χ1) is 10.7. The molecule has 0 saturated heterocycles. The molecule has 0 atom stereocenters. The van der Waals surface area contributed by atoms with E-state index in [0.29, 0.717) is 15.4 Å². The van der Waals surface area contributed by atoms with Crippen molar-refractivity contribution in [3.63, 3.8) is 0 Å². The SMILES string of the molecule is C=CCn1c(O)c(C=C2C=NN=C2c2ccccc2)sc1=S. The summed E-state index contributed by atoms with van der Waals surface area (Å²) in [5, 5.41) is 18.4. The fourth-order valence-corrected chi connectivity index (χ4v) is 3.41. The highest BCUT2D eigenvalue weighted by molar-refractivity contribution is 7.73. The van der Waals surface area contributed by atoms with Gasteiger partial charge in [-0.05, 0) is 18.3 Å². The fraction of sp³-hybridized carbons (Fsp3) is 0.0625. The van der Waals surface area contributed by atoms with Gasteiger partial charge in [-0.25, -0.2) is 0 Å². The minimum absolute atomic E-state index is 0.148. The predicted octanol–water partition coefficient (Wildman–Crippen LogP) is 4.04. The second-order valence-electron chi connectivity index (χ2n) is 4.61. The molecular formula is C16H13N3OS2. The van der Waals surface area contributed by atoms with Gasteiger partial charge in [0.05, 0.1) is 11.1 Å². The summed E-state index contributed by atoms with van der Waals surface area (Å²) in [6, 6.07) is 9.82. The second kappa shape index (κ2) is 6.21. The van der Waals surface area contributed by atoms with Gasteiger partial charge >= 0.3 is 0 Å². The Balaban J connectivity index is 2.01. The van der Waals surface area contributed by atoms with Gasteiger partial charge < -0.3 is 5.11 Å². The average molecular weight is 327 g/mol. The van der Waals surface area contributed by atoms with Crippen molar-refractivity contribution in [2.45, 2.75) is 6.54 Å². The van der Waals surface area contributed by atoms with Gasteiger partial charge in [-0.3, -0.25) is 4.57 Å². The lowest BCUT2D eigenvalue weighted by Crippen LogP contribution is -2.01. The molecular weight excluding hydrogens is 314 g/mol. The van der Waals surface area contributed by atoms with Gasteiger partial charge in [0, 0.05) is 17.7 Å². The molecule has 0 amide bonds. The van der Waals surface area contributed by atoms with Crippen molar-refractivity contribution >= 4 is 41.6 Å². The quantitative estimate of drug-likeness (QED) is 0.680. The van der Waals surface area contributed by atoms with Crippen LogP contribution in [0.4, 0.5) is 0 Å². The Kier molecular flexibility index (Phi) is 4.13. The lowest BCUT2D eigenvalue weighted by molar-refractivity contribution is 0.424. The Morgan fingerprint density at radius 2 is 2.09 bits per heavy atom. The number of thiazole rings is 1. The van der Waals surface area contributed by atoms with E-state index in [0.717, 1.165) is 16.8 Å². The highest BCUT2D eigenvalue weighted by Crippen LogP contribution is 2.29. The Bertz CT molecular complexity index is 857. The number of hydrogen-bond acceptors (Lipinski definition) is 5. The van der Waals surface area contributed by atoms with E-state index in [1.54, 1.807) is 16.9 Å². The molecule has 1 aliphatic rings. The van der Waals surface area contributed by atoms with E-state index in [1.807, 2.05) is 36.4 Å². The van der Waals surface area contributed by atoms with E-state index in [4.69, 9.17) is 12.2 Å². The van der Waals surface area contributed by atoms with Crippen LogP contribution in [0.15, 0.2) is 58.8 Å². The maximum atomic E-state index is 10.3. The standard InChI is InChI=1S/C16H13N3OS2/c1-2-8-19-15(20)13(22-16(19)21)9-12-10-17-18-14(12)11-6-4-3-5-7-11/h2-7,9-10,20H,1,8H2. The van der Waals surface area contributed by atoms with Crippen LogP contribution in [-0.4, -0.2) is 21.6 Å². The zero-order chi connectivity index (χ0) is 15.5. The van der Waals surface area contributed by atoms with Crippen LogP contribution >= 0.6 is 23.6 Å². The monoisotopic (exact) mass is 327 g/mol. The molecule has 4 nitrogen and oxygen atoms in total. The molecule has 1 aromatic heterocycles. The summed E-state index contributed by atoms with van der Waals surface area (Å²) < 4.78 is 2.25. The molecule has 0 saturated carbocycles. The van der Waals surface area contributed by atoms with Gasteiger partial charge in [0.2, 0.25) is 5.88 Å². The zero-order valence-corrected chi connectivity index (χ0v) is 13.3. The fourth-order valence-electron chi connectivity index (χ4n) is 2.13. The number of benzene rings is 1. The van der Waals surface area contributed by atoms with Gasteiger partial charge in [0.15, 0.2) is 3.95 Å². The Morgan fingerprint density at radius 3 is 2.82 bits per heavy atom. The highest BCUT2D eigenvalue weighted by Gasteiger charge is 2.16. The lowest BCUT2D eigenvalue weighted by atomic mass is 10.0. The summed E-state index contributed by atoms with van der Waals surface area (Å²) in [6.07, 6.45) is 5.24. The Hall–Kier alpha value is -2.31. The van der Waals surface area contributed by atoms with E-state index >= 15 is 0 Å². The van der Waals surface area contributed by atoms with E-state index < -0.39 is 0 Å². The number of rotatable bonds is 4. The molecule has 1 aliphatic heterocycles. The molecule has 22 heavy (non-hydrogen) atoms.